The van der Waals surface area contributed by atoms with Crippen LogP contribution in [0.5, 0.6) is 0 Å². The second kappa shape index (κ2) is 4.04. The number of halogens is 1. The zero-order valence-electron chi connectivity index (χ0n) is 7.61. The first kappa shape index (κ1) is 10.2. The largest absolute Gasteiger partial charge is 0.478 e. The smallest absolute Gasteiger partial charge is 0.337 e. The normalized spacial score (nSPS) is 10.2. The van der Waals surface area contributed by atoms with E-state index in [-0.39, 0.29) is 5.56 Å². The fraction of sp³-hybridized carbons (Fsp3) is 0. The molecule has 1 aromatic carbocycles. The van der Waals surface area contributed by atoms with Crippen molar-refractivity contribution < 1.29 is 9.90 Å². The molecule has 0 amide bonds. The Morgan fingerprint density at radius 1 is 1.27 bits per heavy atom. The number of carboxylic acids is 1. The zero-order valence-corrected chi connectivity index (χ0v) is 9.18. The van der Waals surface area contributed by atoms with Crippen LogP contribution in [0.4, 0.5) is 0 Å². The average molecular weight is 239 g/mol. The van der Waals surface area contributed by atoms with Crippen LogP contribution in [-0.2, 0) is 0 Å². The van der Waals surface area contributed by atoms with Crippen molar-refractivity contribution in [3.63, 3.8) is 0 Å². The van der Waals surface area contributed by atoms with Gasteiger partial charge in [-0.2, -0.15) is 0 Å². The van der Waals surface area contributed by atoms with Gasteiger partial charge in [0.15, 0.2) is 0 Å². The van der Waals surface area contributed by atoms with Crippen LogP contribution in [0.2, 0.25) is 4.34 Å². The number of carbonyl (C=O) groups is 1. The minimum absolute atomic E-state index is 0.260. The third-order valence-electron chi connectivity index (χ3n) is 1.97. The Balaban J connectivity index is 2.58. The number of hydrogen-bond acceptors (Lipinski definition) is 2. The molecule has 0 spiro atoms. The van der Waals surface area contributed by atoms with E-state index in [1.165, 1.54) is 17.4 Å². The molecule has 0 atom stereocenters. The first-order chi connectivity index (χ1) is 7.18. The summed E-state index contributed by atoms with van der Waals surface area (Å²) in [6.45, 7) is 0. The first-order valence-corrected chi connectivity index (χ1v) is 5.46. The Morgan fingerprint density at radius 2 is 1.93 bits per heavy atom. The molecule has 4 heteroatoms. The topological polar surface area (TPSA) is 37.3 Å². The highest BCUT2D eigenvalue weighted by Crippen LogP contribution is 2.35. The molecule has 15 heavy (non-hydrogen) atoms. The van der Waals surface area contributed by atoms with Gasteiger partial charge >= 0.3 is 5.97 Å². The highest BCUT2D eigenvalue weighted by atomic mass is 35.5. The van der Waals surface area contributed by atoms with E-state index in [4.69, 9.17) is 16.7 Å². The maximum Gasteiger partial charge on any atom is 0.337 e. The lowest BCUT2D eigenvalue weighted by molar-refractivity contribution is 0.0698. The lowest BCUT2D eigenvalue weighted by Crippen LogP contribution is -1.95. The summed E-state index contributed by atoms with van der Waals surface area (Å²) in [4.78, 5) is 11.7. The van der Waals surface area contributed by atoms with Gasteiger partial charge in [-0.15, -0.1) is 11.3 Å². The van der Waals surface area contributed by atoms with E-state index in [0.717, 1.165) is 5.56 Å². The van der Waals surface area contributed by atoms with E-state index in [0.29, 0.717) is 9.21 Å². The summed E-state index contributed by atoms with van der Waals surface area (Å²) in [5, 5.41) is 8.99. The molecular formula is C11H7ClO2S. The Kier molecular flexibility index (Phi) is 2.75. The Hall–Kier alpha value is -1.32. The highest BCUT2D eigenvalue weighted by Gasteiger charge is 2.15. The second-order valence-electron chi connectivity index (χ2n) is 2.96. The molecule has 1 heterocycles. The van der Waals surface area contributed by atoms with Crippen LogP contribution in [-0.4, -0.2) is 11.1 Å². The second-order valence-corrected chi connectivity index (χ2v) is 4.65. The van der Waals surface area contributed by atoms with Gasteiger partial charge in [-0.3, -0.25) is 0 Å². The predicted octanol–water partition coefficient (Wildman–Crippen LogP) is 3.77. The van der Waals surface area contributed by atoms with Crippen molar-refractivity contribution in [1.82, 2.24) is 0 Å². The molecule has 0 aliphatic heterocycles. The van der Waals surface area contributed by atoms with Crippen molar-refractivity contribution >= 4 is 28.9 Å². The molecule has 0 unspecified atom stereocenters. The number of benzene rings is 1. The minimum atomic E-state index is -0.947. The fourth-order valence-electron chi connectivity index (χ4n) is 1.32. The average Bonchev–Trinajstić information content (AvgIpc) is 2.62. The van der Waals surface area contributed by atoms with Crippen molar-refractivity contribution in [2.45, 2.75) is 0 Å². The van der Waals surface area contributed by atoms with Gasteiger partial charge in [-0.1, -0.05) is 41.9 Å². The molecule has 0 aliphatic rings. The van der Waals surface area contributed by atoms with Gasteiger partial charge in [0.1, 0.15) is 0 Å². The van der Waals surface area contributed by atoms with E-state index >= 15 is 0 Å². The molecule has 0 aliphatic carbocycles. The molecule has 2 rings (SSSR count). The third-order valence-corrected chi connectivity index (χ3v) is 3.28. The zero-order chi connectivity index (χ0) is 10.8. The molecular weight excluding hydrogens is 232 g/mol. The quantitative estimate of drug-likeness (QED) is 0.865. The third kappa shape index (κ3) is 2.03. The van der Waals surface area contributed by atoms with Crippen molar-refractivity contribution in [1.29, 1.82) is 0 Å². The van der Waals surface area contributed by atoms with E-state index < -0.39 is 5.97 Å². The number of thiophene rings is 1. The Morgan fingerprint density at radius 3 is 2.53 bits per heavy atom. The van der Waals surface area contributed by atoms with Crippen LogP contribution in [0.15, 0.2) is 36.4 Å². The molecule has 0 saturated carbocycles. The molecule has 0 saturated heterocycles. The summed E-state index contributed by atoms with van der Waals surface area (Å²) in [5.74, 6) is -0.947. The van der Waals surface area contributed by atoms with Crippen molar-refractivity contribution in [2.75, 3.05) is 0 Å². The molecule has 2 aromatic rings. The maximum atomic E-state index is 11.0. The summed E-state index contributed by atoms with van der Waals surface area (Å²) in [7, 11) is 0. The highest BCUT2D eigenvalue weighted by molar-refractivity contribution is 7.19. The first-order valence-electron chi connectivity index (χ1n) is 4.26. The van der Waals surface area contributed by atoms with Gasteiger partial charge in [0, 0.05) is 0 Å². The SMILES string of the molecule is O=C(O)c1cc(Cl)sc1-c1ccccc1. The van der Waals surface area contributed by atoms with Crippen molar-refractivity contribution in [3.8, 4) is 10.4 Å². The lowest BCUT2D eigenvalue weighted by Gasteiger charge is -1.98. The van der Waals surface area contributed by atoms with Gasteiger partial charge < -0.3 is 5.11 Å². The standard InChI is InChI=1S/C11H7ClO2S/c12-9-6-8(11(13)14)10(15-9)7-4-2-1-3-5-7/h1-6H,(H,13,14). The molecule has 2 nitrogen and oxygen atoms in total. The van der Waals surface area contributed by atoms with Crippen LogP contribution in [0.1, 0.15) is 10.4 Å². The molecule has 0 radical (unpaired) electrons. The predicted molar refractivity (Wildman–Crippen MR) is 61.7 cm³/mol. The fourth-order valence-corrected chi connectivity index (χ4v) is 2.55. The lowest BCUT2D eigenvalue weighted by atomic mass is 10.1. The van der Waals surface area contributed by atoms with Crippen LogP contribution in [0, 0.1) is 0 Å². The van der Waals surface area contributed by atoms with Gasteiger partial charge in [0.2, 0.25) is 0 Å². The van der Waals surface area contributed by atoms with E-state index in [1.807, 2.05) is 30.3 Å². The van der Waals surface area contributed by atoms with Crippen LogP contribution in [0.25, 0.3) is 10.4 Å². The monoisotopic (exact) mass is 238 g/mol. The Labute approximate surface area is 95.8 Å². The number of rotatable bonds is 2. The van der Waals surface area contributed by atoms with Gasteiger partial charge in [-0.05, 0) is 11.6 Å². The van der Waals surface area contributed by atoms with Crippen LogP contribution < -0.4 is 0 Å². The van der Waals surface area contributed by atoms with Gasteiger partial charge in [0.05, 0.1) is 14.8 Å². The summed E-state index contributed by atoms with van der Waals surface area (Å²) >= 11 is 7.10. The summed E-state index contributed by atoms with van der Waals surface area (Å²) in [6.07, 6.45) is 0. The van der Waals surface area contributed by atoms with Crippen LogP contribution in [0.3, 0.4) is 0 Å². The molecule has 1 aromatic heterocycles. The summed E-state index contributed by atoms with van der Waals surface area (Å²) in [5.41, 5.74) is 1.14. The minimum Gasteiger partial charge on any atom is -0.478 e. The molecule has 0 fully saturated rings. The van der Waals surface area contributed by atoms with Crippen LogP contribution >= 0.6 is 22.9 Å². The summed E-state index contributed by atoms with van der Waals surface area (Å²) < 4.78 is 0.492. The van der Waals surface area contributed by atoms with Gasteiger partial charge in [-0.25, -0.2) is 4.79 Å². The summed E-state index contributed by atoms with van der Waals surface area (Å²) in [6, 6.07) is 10.8. The van der Waals surface area contributed by atoms with E-state index in [9.17, 15) is 4.79 Å². The maximum absolute atomic E-state index is 11.0. The molecule has 1 N–H and O–H groups in total. The number of carboxylic acid groups (broad SMARTS) is 1. The molecule has 76 valence electrons. The van der Waals surface area contributed by atoms with Gasteiger partial charge in [0.25, 0.3) is 0 Å². The van der Waals surface area contributed by atoms with E-state index in [1.54, 1.807) is 0 Å². The van der Waals surface area contributed by atoms with Crippen molar-refractivity contribution in [3.05, 3.63) is 46.3 Å². The number of aromatic carboxylic acids is 1. The number of hydrogen-bond donors (Lipinski definition) is 1. The van der Waals surface area contributed by atoms with E-state index in [2.05, 4.69) is 0 Å². The Bertz CT molecular complexity index is 491. The molecule has 0 bridgehead atoms. The van der Waals surface area contributed by atoms with Crippen molar-refractivity contribution in [2.24, 2.45) is 0 Å².